The monoisotopic (exact) mass is 432 g/mol. The standard InChI is InChI=1S/C22H19F3N2O2S/c1-11-5-6-14-17(9-11)30-21-18(14)20(28)26-19(27-21)16-8-7-15(29-16)12-3-2-4-13(10-12)22(23,24)25/h2-4,7-8,10-11,19,27H,5-6,9H2,1H3,(H,26,28)/t11-,19+/m0/s1. The molecule has 2 N–H and O–H groups in total. The van der Waals surface area contributed by atoms with E-state index in [0.29, 0.717) is 23.0 Å². The zero-order valence-electron chi connectivity index (χ0n) is 16.1. The van der Waals surface area contributed by atoms with Crippen LogP contribution in [0.3, 0.4) is 0 Å². The molecule has 156 valence electrons. The minimum absolute atomic E-state index is 0.141. The summed E-state index contributed by atoms with van der Waals surface area (Å²) in [6, 6.07) is 8.30. The van der Waals surface area contributed by atoms with E-state index in [0.717, 1.165) is 47.5 Å². The fourth-order valence-electron chi connectivity index (χ4n) is 4.12. The highest BCUT2D eigenvalue weighted by Crippen LogP contribution is 2.43. The van der Waals surface area contributed by atoms with E-state index in [9.17, 15) is 18.0 Å². The van der Waals surface area contributed by atoms with Crippen LogP contribution in [0.1, 0.15) is 51.6 Å². The van der Waals surface area contributed by atoms with Crippen molar-refractivity contribution in [2.45, 2.75) is 38.5 Å². The zero-order chi connectivity index (χ0) is 21.0. The van der Waals surface area contributed by atoms with Crippen LogP contribution in [0.4, 0.5) is 18.2 Å². The van der Waals surface area contributed by atoms with Crippen molar-refractivity contribution in [3.63, 3.8) is 0 Å². The van der Waals surface area contributed by atoms with Gasteiger partial charge in [-0.3, -0.25) is 4.79 Å². The lowest BCUT2D eigenvalue weighted by atomic mass is 9.88. The molecule has 1 amide bonds. The summed E-state index contributed by atoms with van der Waals surface area (Å²) >= 11 is 1.61. The number of nitrogens with one attached hydrogen (secondary N) is 2. The van der Waals surface area contributed by atoms with Gasteiger partial charge in [-0.15, -0.1) is 11.3 Å². The van der Waals surface area contributed by atoms with Crippen molar-refractivity contribution in [2.75, 3.05) is 5.32 Å². The minimum atomic E-state index is -4.42. The molecule has 1 aliphatic heterocycles. The van der Waals surface area contributed by atoms with Crippen molar-refractivity contribution in [3.05, 3.63) is 63.7 Å². The number of anilines is 1. The Morgan fingerprint density at radius 3 is 2.80 bits per heavy atom. The number of halogens is 3. The summed E-state index contributed by atoms with van der Waals surface area (Å²) in [6.07, 6.45) is -2.03. The molecule has 0 fully saturated rings. The Hall–Kier alpha value is -2.74. The van der Waals surface area contributed by atoms with Crippen LogP contribution >= 0.6 is 11.3 Å². The van der Waals surface area contributed by atoms with Crippen LogP contribution in [-0.2, 0) is 19.0 Å². The predicted molar refractivity (Wildman–Crippen MR) is 108 cm³/mol. The predicted octanol–water partition coefficient (Wildman–Crippen LogP) is 6.01. The number of carbonyl (C=O) groups excluding carboxylic acids is 1. The molecule has 2 atom stereocenters. The Labute approximate surface area is 175 Å². The normalized spacial score (nSPS) is 20.9. The van der Waals surface area contributed by atoms with Gasteiger partial charge in [0, 0.05) is 10.4 Å². The summed E-state index contributed by atoms with van der Waals surface area (Å²) < 4.78 is 44.8. The molecule has 0 saturated heterocycles. The van der Waals surface area contributed by atoms with E-state index in [1.54, 1.807) is 29.5 Å². The van der Waals surface area contributed by atoms with Crippen molar-refractivity contribution in [3.8, 4) is 11.3 Å². The fourth-order valence-corrected chi connectivity index (χ4v) is 5.55. The molecule has 0 radical (unpaired) electrons. The van der Waals surface area contributed by atoms with E-state index in [4.69, 9.17) is 4.42 Å². The highest BCUT2D eigenvalue weighted by Gasteiger charge is 2.34. The van der Waals surface area contributed by atoms with Crippen LogP contribution in [-0.4, -0.2) is 5.91 Å². The Kier molecular flexibility index (Phi) is 4.43. The van der Waals surface area contributed by atoms with Gasteiger partial charge in [0.1, 0.15) is 16.5 Å². The molecule has 0 unspecified atom stereocenters. The maximum Gasteiger partial charge on any atom is 0.416 e. The third-order valence-electron chi connectivity index (χ3n) is 5.68. The van der Waals surface area contributed by atoms with Crippen LogP contribution in [0, 0.1) is 5.92 Å². The van der Waals surface area contributed by atoms with Gasteiger partial charge >= 0.3 is 6.18 Å². The molecule has 0 saturated carbocycles. The Bertz CT molecular complexity index is 1130. The number of furan rings is 1. The molecule has 2 aromatic heterocycles. The van der Waals surface area contributed by atoms with Crippen LogP contribution in [0.2, 0.25) is 0 Å². The van der Waals surface area contributed by atoms with Crippen LogP contribution in [0.5, 0.6) is 0 Å². The van der Waals surface area contributed by atoms with Crippen LogP contribution in [0.15, 0.2) is 40.8 Å². The summed E-state index contributed by atoms with van der Waals surface area (Å²) in [7, 11) is 0. The summed E-state index contributed by atoms with van der Waals surface area (Å²) in [5.74, 6) is 1.23. The first-order valence-corrected chi connectivity index (χ1v) is 10.6. The number of thiophene rings is 1. The molecule has 5 rings (SSSR count). The highest BCUT2D eigenvalue weighted by molar-refractivity contribution is 7.16. The molecule has 30 heavy (non-hydrogen) atoms. The number of fused-ring (bicyclic) bond motifs is 3. The summed E-state index contributed by atoms with van der Waals surface area (Å²) in [4.78, 5) is 14.1. The second kappa shape index (κ2) is 6.91. The Balaban J connectivity index is 1.42. The number of amides is 1. The van der Waals surface area contributed by atoms with E-state index < -0.39 is 17.9 Å². The lowest BCUT2D eigenvalue weighted by Gasteiger charge is -2.25. The van der Waals surface area contributed by atoms with Gasteiger partial charge in [-0.1, -0.05) is 19.1 Å². The quantitative estimate of drug-likeness (QED) is 0.522. The Morgan fingerprint density at radius 2 is 2.00 bits per heavy atom. The molecule has 3 heterocycles. The molecule has 0 spiro atoms. The van der Waals surface area contributed by atoms with Crippen molar-refractivity contribution in [1.82, 2.24) is 5.32 Å². The third-order valence-corrected chi connectivity index (χ3v) is 6.86. The molecule has 0 bridgehead atoms. The molecule has 4 nitrogen and oxygen atoms in total. The van der Waals surface area contributed by atoms with Gasteiger partial charge in [0.05, 0.1) is 11.1 Å². The molecule has 3 aromatic rings. The first-order chi connectivity index (χ1) is 14.3. The average molecular weight is 432 g/mol. The van der Waals surface area contributed by atoms with Gasteiger partial charge < -0.3 is 15.1 Å². The van der Waals surface area contributed by atoms with Gasteiger partial charge in [0.15, 0.2) is 6.17 Å². The number of hydrogen-bond donors (Lipinski definition) is 2. The lowest BCUT2D eigenvalue weighted by molar-refractivity contribution is -0.137. The van der Waals surface area contributed by atoms with E-state index in [-0.39, 0.29) is 5.91 Å². The number of carbonyl (C=O) groups is 1. The van der Waals surface area contributed by atoms with Gasteiger partial charge in [-0.2, -0.15) is 13.2 Å². The second-order valence-electron chi connectivity index (χ2n) is 7.89. The fraction of sp³-hybridized carbons (Fsp3) is 0.318. The van der Waals surface area contributed by atoms with Crippen molar-refractivity contribution in [1.29, 1.82) is 0 Å². The maximum atomic E-state index is 13.0. The first-order valence-electron chi connectivity index (χ1n) is 9.79. The Morgan fingerprint density at radius 1 is 1.17 bits per heavy atom. The molecule has 1 aromatic carbocycles. The summed E-state index contributed by atoms with van der Waals surface area (Å²) in [5.41, 5.74) is 1.47. The van der Waals surface area contributed by atoms with Crippen LogP contribution < -0.4 is 10.6 Å². The molecular formula is C22H19F3N2O2S. The largest absolute Gasteiger partial charge is 0.457 e. The molecular weight excluding hydrogens is 413 g/mol. The maximum absolute atomic E-state index is 13.0. The molecule has 2 aliphatic rings. The zero-order valence-corrected chi connectivity index (χ0v) is 16.9. The van der Waals surface area contributed by atoms with E-state index in [2.05, 4.69) is 17.6 Å². The SMILES string of the molecule is C[C@H]1CCc2c(sc3c2C(=O)N[C@@H](c2ccc(-c4cccc(C(F)(F)F)c4)o2)N3)C1. The smallest absolute Gasteiger partial charge is 0.416 e. The van der Waals surface area contributed by atoms with Gasteiger partial charge in [0.25, 0.3) is 5.91 Å². The molecule has 8 heteroatoms. The lowest BCUT2D eigenvalue weighted by Crippen LogP contribution is -2.38. The van der Waals surface area contributed by atoms with Crippen molar-refractivity contribution < 1.29 is 22.4 Å². The average Bonchev–Trinajstić information content (AvgIpc) is 3.32. The highest BCUT2D eigenvalue weighted by atomic mass is 32.1. The summed E-state index contributed by atoms with van der Waals surface area (Å²) in [6.45, 7) is 2.22. The van der Waals surface area contributed by atoms with Gasteiger partial charge in [-0.25, -0.2) is 0 Å². The van der Waals surface area contributed by atoms with Gasteiger partial charge in [-0.05, 0) is 55.0 Å². The van der Waals surface area contributed by atoms with E-state index in [1.807, 2.05) is 0 Å². The number of benzene rings is 1. The minimum Gasteiger partial charge on any atom is -0.457 e. The number of alkyl halides is 3. The number of hydrogen-bond acceptors (Lipinski definition) is 4. The number of rotatable bonds is 2. The van der Waals surface area contributed by atoms with Crippen molar-refractivity contribution in [2.24, 2.45) is 5.92 Å². The van der Waals surface area contributed by atoms with Crippen LogP contribution in [0.25, 0.3) is 11.3 Å². The molecule has 1 aliphatic carbocycles. The van der Waals surface area contributed by atoms with E-state index in [1.165, 1.54) is 10.9 Å². The third kappa shape index (κ3) is 3.29. The van der Waals surface area contributed by atoms with Gasteiger partial charge in [0.2, 0.25) is 0 Å². The first kappa shape index (κ1) is 19.2. The topological polar surface area (TPSA) is 54.3 Å². The van der Waals surface area contributed by atoms with Crippen molar-refractivity contribution >= 4 is 22.2 Å². The summed E-state index contributed by atoms with van der Waals surface area (Å²) in [5, 5.41) is 7.08. The second-order valence-corrected chi connectivity index (χ2v) is 8.99. The van der Waals surface area contributed by atoms with E-state index >= 15 is 0 Å².